The summed E-state index contributed by atoms with van der Waals surface area (Å²) in [5.74, 6) is -0.758. The number of carbonyl (C=O) groups is 2. The number of rotatable bonds is 3. The molecule has 1 heterocycles. The van der Waals surface area contributed by atoms with Gasteiger partial charge in [0.2, 0.25) is 5.91 Å². The number of hydrogen-bond acceptors (Lipinski definition) is 2. The average Bonchev–Trinajstić information content (AvgIpc) is 2.67. The minimum absolute atomic E-state index is 0.128. The summed E-state index contributed by atoms with van der Waals surface area (Å²) in [6.45, 7) is 7.42. The van der Waals surface area contributed by atoms with Crippen LogP contribution in [0.15, 0.2) is 61.2 Å². The van der Waals surface area contributed by atoms with E-state index in [-0.39, 0.29) is 23.5 Å². The van der Waals surface area contributed by atoms with Gasteiger partial charge in [0.05, 0.1) is 12.1 Å². The Kier molecular flexibility index (Phi) is 5.73. The number of ketones is 1. The van der Waals surface area contributed by atoms with Crippen LogP contribution in [-0.4, -0.2) is 16.6 Å². The molecule has 2 aromatic carbocycles. The minimum Gasteiger partial charge on any atom is -0.324 e. The van der Waals surface area contributed by atoms with E-state index in [4.69, 9.17) is 23.2 Å². The Morgan fingerprint density at radius 2 is 1.26 bits per heavy atom. The molecule has 1 saturated heterocycles. The molecule has 4 atom stereocenters. The monoisotopic (exact) mass is 401 g/mol. The second kappa shape index (κ2) is 7.87. The lowest BCUT2D eigenvalue weighted by atomic mass is 9.74. The third kappa shape index (κ3) is 3.67. The van der Waals surface area contributed by atoms with E-state index >= 15 is 0 Å². The van der Waals surface area contributed by atoms with E-state index in [2.05, 4.69) is 6.58 Å². The van der Waals surface area contributed by atoms with Crippen molar-refractivity contribution in [2.24, 2.45) is 11.8 Å². The van der Waals surface area contributed by atoms with Crippen LogP contribution in [0.5, 0.6) is 0 Å². The molecule has 0 spiro atoms. The summed E-state index contributed by atoms with van der Waals surface area (Å²) < 4.78 is 0. The highest BCUT2D eigenvalue weighted by Gasteiger charge is 2.47. The van der Waals surface area contributed by atoms with E-state index in [1.165, 1.54) is 6.08 Å². The molecule has 0 saturated carbocycles. The van der Waals surface area contributed by atoms with Gasteiger partial charge in [0.15, 0.2) is 0 Å². The van der Waals surface area contributed by atoms with Gasteiger partial charge in [0.1, 0.15) is 5.78 Å². The Balaban J connectivity index is 2.16. The molecule has 140 valence electrons. The number of halogens is 2. The maximum atomic E-state index is 13.1. The van der Waals surface area contributed by atoms with Gasteiger partial charge in [-0.25, -0.2) is 0 Å². The smallest absolute Gasteiger partial charge is 0.247 e. The number of likely N-dealkylation sites (tertiary alicyclic amines) is 1. The minimum atomic E-state index is -0.392. The Labute approximate surface area is 169 Å². The van der Waals surface area contributed by atoms with Gasteiger partial charge in [0, 0.05) is 21.9 Å². The van der Waals surface area contributed by atoms with E-state index in [1.54, 1.807) is 29.2 Å². The van der Waals surface area contributed by atoms with Crippen molar-refractivity contribution in [1.82, 2.24) is 4.90 Å². The first-order valence-electron chi connectivity index (χ1n) is 8.84. The first-order chi connectivity index (χ1) is 12.8. The van der Waals surface area contributed by atoms with Crippen LogP contribution in [-0.2, 0) is 9.59 Å². The first kappa shape index (κ1) is 19.7. The summed E-state index contributed by atoms with van der Waals surface area (Å²) in [4.78, 5) is 27.8. The van der Waals surface area contributed by atoms with Crippen LogP contribution in [0.1, 0.15) is 37.1 Å². The van der Waals surface area contributed by atoms with E-state index in [1.807, 2.05) is 38.1 Å². The highest BCUT2D eigenvalue weighted by atomic mass is 35.5. The third-order valence-corrected chi connectivity index (χ3v) is 5.80. The topological polar surface area (TPSA) is 37.4 Å². The number of amides is 1. The lowest BCUT2D eigenvalue weighted by Gasteiger charge is -2.48. The van der Waals surface area contributed by atoms with Gasteiger partial charge < -0.3 is 4.90 Å². The summed E-state index contributed by atoms with van der Waals surface area (Å²) in [6.07, 6.45) is 1.31. The maximum absolute atomic E-state index is 13.1. The zero-order valence-corrected chi connectivity index (χ0v) is 16.7. The molecule has 0 bridgehead atoms. The largest absolute Gasteiger partial charge is 0.324 e. The second-order valence-electron chi connectivity index (χ2n) is 6.92. The van der Waals surface area contributed by atoms with Crippen LogP contribution < -0.4 is 0 Å². The lowest BCUT2D eigenvalue weighted by Crippen LogP contribution is -2.51. The van der Waals surface area contributed by atoms with Crippen molar-refractivity contribution < 1.29 is 9.59 Å². The molecule has 0 unspecified atom stereocenters. The summed E-state index contributed by atoms with van der Waals surface area (Å²) in [6, 6.07) is 13.8. The summed E-state index contributed by atoms with van der Waals surface area (Å²) in [5, 5.41) is 1.22. The van der Waals surface area contributed by atoms with Crippen molar-refractivity contribution in [2.75, 3.05) is 0 Å². The Morgan fingerprint density at radius 3 is 1.59 bits per heavy atom. The molecule has 1 aliphatic rings. The van der Waals surface area contributed by atoms with Crippen molar-refractivity contribution in [3.63, 3.8) is 0 Å². The molecule has 27 heavy (non-hydrogen) atoms. The fraction of sp³-hybridized carbons (Fsp3) is 0.273. The molecule has 1 aliphatic heterocycles. The van der Waals surface area contributed by atoms with E-state index in [9.17, 15) is 9.59 Å². The fourth-order valence-electron chi connectivity index (χ4n) is 3.98. The summed E-state index contributed by atoms with van der Waals surface area (Å²) >= 11 is 12.1. The number of hydrogen-bond donors (Lipinski definition) is 0. The molecular formula is C22H21Cl2NO2. The van der Waals surface area contributed by atoms with Crippen molar-refractivity contribution in [3.05, 3.63) is 82.4 Å². The highest BCUT2D eigenvalue weighted by Crippen LogP contribution is 2.46. The van der Waals surface area contributed by atoms with Gasteiger partial charge in [-0.2, -0.15) is 0 Å². The van der Waals surface area contributed by atoms with Crippen LogP contribution in [0.2, 0.25) is 10.0 Å². The molecule has 0 radical (unpaired) electrons. The van der Waals surface area contributed by atoms with Crippen molar-refractivity contribution >= 4 is 34.9 Å². The van der Waals surface area contributed by atoms with Crippen molar-refractivity contribution in [3.8, 4) is 0 Å². The van der Waals surface area contributed by atoms with Gasteiger partial charge >= 0.3 is 0 Å². The quantitative estimate of drug-likeness (QED) is 0.623. The SMILES string of the molecule is C=CC(=O)N1[C@H](c2ccc(Cl)cc2)[C@@H](C)C(=O)[C@@H](C)[C@@H]1c1ccc(Cl)cc1. The number of Topliss-reactive ketones (excluding diaryl/α,β-unsaturated/α-hetero) is 1. The number of benzene rings is 2. The van der Waals surface area contributed by atoms with Gasteiger partial charge in [-0.3, -0.25) is 9.59 Å². The normalized spacial score (nSPS) is 25.3. The number of piperidine rings is 1. The van der Waals surface area contributed by atoms with Crippen LogP contribution in [0.3, 0.4) is 0 Å². The Hall–Kier alpha value is -2.10. The maximum Gasteiger partial charge on any atom is 0.247 e. The molecular weight excluding hydrogens is 381 g/mol. The predicted octanol–water partition coefficient (Wildman–Crippen LogP) is 5.65. The Morgan fingerprint density at radius 1 is 0.889 bits per heavy atom. The molecule has 3 rings (SSSR count). The van der Waals surface area contributed by atoms with Gasteiger partial charge in [-0.15, -0.1) is 0 Å². The zero-order valence-electron chi connectivity index (χ0n) is 15.2. The summed E-state index contributed by atoms with van der Waals surface area (Å²) in [7, 11) is 0. The average molecular weight is 402 g/mol. The molecule has 0 N–H and O–H groups in total. The molecule has 1 fully saturated rings. The molecule has 2 aromatic rings. The van der Waals surface area contributed by atoms with Crippen molar-refractivity contribution in [1.29, 1.82) is 0 Å². The second-order valence-corrected chi connectivity index (χ2v) is 7.79. The molecule has 3 nitrogen and oxygen atoms in total. The third-order valence-electron chi connectivity index (χ3n) is 5.30. The lowest BCUT2D eigenvalue weighted by molar-refractivity contribution is -0.148. The van der Waals surface area contributed by atoms with E-state index in [0.29, 0.717) is 10.0 Å². The molecule has 0 aliphatic carbocycles. The Bertz CT molecular complexity index is 799. The standard InChI is InChI=1S/C22H21Cl2NO2/c1-4-19(26)25-20(15-5-9-17(23)10-6-15)13(2)22(27)14(3)21(25)16-7-11-18(24)12-8-16/h4-14,20-21H,1H2,2-3H3/t13-,14+,20+,21-. The van der Waals surface area contributed by atoms with Gasteiger partial charge in [-0.1, -0.05) is 67.9 Å². The molecule has 5 heteroatoms. The van der Waals surface area contributed by atoms with Crippen LogP contribution >= 0.6 is 23.2 Å². The molecule has 0 aromatic heterocycles. The van der Waals surface area contributed by atoms with Crippen LogP contribution in [0, 0.1) is 11.8 Å². The first-order valence-corrected chi connectivity index (χ1v) is 9.60. The fourth-order valence-corrected chi connectivity index (χ4v) is 4.23. The molecule has 1 amide bonds. The number of nitrogens with zero attached hydrogens (tertiary/aromatic N) is 1. The van der Waals surface area contributed by atoms with E-state index < -0.39 is 12.1 Å². The van der Waals surface area contributed by atoms with Crippen molar-refractivity contribution in [2.45, 2.75) is 25.9 Å². The van der Waals surface area contributed by atoms with Crippen LogP contribution in [0.25, 0.3) is 0 Å². The van der Waals surface area contributed by atoms with Crippen LogP contribution in [0.4, 0.5) is 0 Å². The predicted molar refractivity (Wildman–Crippen MR) is 109 cm³/mol. The van der Waals surface area contributed by atoms with Gasteiger partial charge in [0.25, 0.3) is 0 Å². The van der Waals surface area contributed by atoms with E-state index in [0.717, 1.165) is 11.1 Å². The highest BCUT2D eigenvalue weighted by molar-refractivity contribution is 6.30. The zero-order chi connectivity index (χ0) is 19.7. The van der Waals surface area contributed by atoms with Gasteiger partial charge in [-0.05, 0) is 41.5 Å². The summed E-state index contributed by atoms with van der Waals surface area (Å²) in [5.41, 5.74) is 1.75. The number of carbonyl (C=O) groups excluding carboxylic acids is 2.